The Kier molecular flexibility index (Phi) is 41.0. The molecule has 3 saturated heterocycles. The predicted octanol–water partition coefficient (Wildman–Crippen LogP) is 23.2. The number of hydrogen-bond donors (Lipinski definition) is 0. The van der Waals surface area contributed by atoms with Crippen molar-refractivity contribution in [2.75, 3.05) is 52.9 Å². The first-order valence-electron chi connectivity index (χ1n) is 39.3. The molecule has 0 aliphatic carbocycles. The molecule has 0 radical (unpaired) electrons. The Morgan fingerprint density at radius 3 is 1.50 bits per heavy atom. The van der Waals surface area contributed by atoms with Crippen LogP contribution in [-0.2, 0) is 0 Å². The van der Waals surface area contributed by atoms with Crippen molar-refractivity contribution in [2.45, 2.75) is 268 Å². The molecule has 3 aromatic carbocycles. The van der Waals surface area contributed by atoms with Crippen LogP contribution >= 0.6 is 11.8 Å². The largest absolute Gasteiger partial charge is 0.497 e. The summed E-state index contributed by atoms with van der Waals surface area (Å²) < 4.78 is 13.4. The predicted molar refractivity (Wildman–Crippen MR) is 455 cm³/mol. The van der Waals surface area contributed by atoms with Gasteiger partial charge < -0.3 is 23.3 Å². The Balaban J connectivity index is 0.000000251. The highest BCUT2D eigenvalue weighted by Crippen LogP contribution is 2.28. The number of ether oxygens (including phenoxy) is 1. The molecule has 6 aromatic heterocycles. The van der Waals surface area contributed by atoms with E-state index < -0.39 is 0 Å². The van der Waals surface area contributed by atoms with Gasteiger partial charge in [-0.1, -0.05) is 108 Å². The van der Waals surface area contributed by atoms with E-state index in [-0.39, 0.29) is 0 Å². The number of benzene rings is 3. The fourth-order valence-corrected chi connectivity index (χ4v) is 12.8. The summed E-state index contributed by atoms with van der Waals surface area (Å²) in [5.41, 5.74) is 10.6. The molecule has 0 unspecified atom stereocenters. The number of piperidine rings is 2. The molecule has 0 N–H and O–H groups in total. The van der Waals surface area contributed by atoms with Crippen LogP contribution in [0.25, 0.3) is 26.9 Å². The van der Waals surface area contributed by atoms with E-state index in [0.717, 1.165) is 45.5 Å². The standard InChI is InChI=1S/C15H16N2.2C10H12N2.C10H14O.2C9H19N.C8H11NS.C7H15N.2C6H10N2/c1-10(2)13-9-17-14(15(13)16-4)12-7-5-11(3)6-8-12;1-8(2)12-7-5-9-4-3-6-11-10(9)12;1-8(2)12-7-11-9-5-3-4-6-10(9)12;1-8(2)9-4-6-10(11-3)7-5-9;2*1-9(2,3)10-7-5-4-6-8-10;1-7(2)10-8-3-5-9-6-4-8;1-7(2)8-5-3-4-6-8;1-6(2)8-4-3-7-5-8;1-6(2)8-5-3-4-7-8/h5-8,10H,9H2,1-3H3;2*3-8H,1-2H3;4-8H,1-3H3;2*4-8H2,1-3H3;3-7H,1-2H3;7H,3-6H2,1-2H3;2*3-6H,1-2H3. The van der Waals surface area contributed by atoms with E-state index in [1.807, 2.05) is 127 Å². The zero-order valence-corrected chi connectivity index (χ0v) is 70.8. The average Bonchev–Trinajstić information content (AvgIpc) is 1.69. The Hall–Kier alpha value is -7.68. The molecule has 16 heteroatoms. The molecule has 0 bridgehead atoms. The number of methoxy groups -OCH3 is 1. The number of aromatic nitrogens is 9. The number of imidazole rings is 2. The van der Waals surface area contributed by atoms with Crippen LogP contribution in [0.15, 0.2) is 193 Å². The number of fused-ring (bicyclic) bond motifs is 2. The lowest BCUT2D eigenvalue weighted by Crippen LogP contribution is -2.44. The van der Waals surface area contributed by atoms with Crippen molar-refractivity contribution in [2.24, 2.45) is 10.9 Å². The van der Waals surface area contributed by atoms with Gasteiger partial charge in [-0.05, 0) is 285 Å². The van der Waals surface area contributed by atoms with Crippen LogP contribution in [0.4, 0.5) is 0 Å². The average molecular weight is 1460 g/mol. The maximum atomic E-state index is 7.33. The van der Waals surface area contributed by atoms with Crippen LogP contribution in [0.3, 0.4) is 0 Å². The first-order valence-corrected chi connectivity index (χ1v) is 40.2. The summed E-state index contributed by atoms with van der Waals surface area (Å²) in [6.45, 7) is 66.4. The minimum atomic E-state index is 0.394. The number of pyridine rings is 2. The van der Waals surface area contributed by atoms with Crippen LogP contribution in [0, 0.1) is 19.4 Å². The summed E-state index contributed by atoms with van der Waals surface area (Å²) in [7, 11) is 1.68. The summed E-state index contributed by atoms with van der Waals surface area (Å²) in [6, 6.07) is 39.5. The van der Waals surface area contributed by atoms with Crippen molar-refractivity contribution in [3.63, 3.8) is 0 Å². The van der Waals surface area contributed by atoms with Crippen LogP contribution in [-0.4, -0.2) is 139 Å². The first kappa shape index (κ1) is 90.7. The lowest BCUT2D eigenvalue weighted by atomic mass is 9.99. The van der Waals surface area contributed by atoms with E-state index in [9.17, 15) is 0 Å². The van der Waals surface area contributed by atoms with Gasteiger partial charge in [-0.3, -0.25) is 24.5 Å². The van der Waals surface area contributed by atoms with Gasteiger partial charge in [0.05, 0.1) is 49.6 Å². The number of likely N-dealkylation sites (tertiary alicyclic amines) is 3. The van der Waals surface area contributed by atoms with E-state index in [1.54, 1.807) is 19.5 Å². The number of rotatable bonds is 11. The van der Waals surface area contributed by atoms with Crippen molar-refractivity contribution < 1.29 is 4.74 Å². The summed E-state index contributed by atoms with van der Waals surface area (Å²) in [5.74, 6) is 1.92. The van der Waals surface area contributed by atoms with Crippen molar-refractivity contribution in [1.29, 1.82) is 0 Å². The van der Waals surface area contributed by atoms with E-state index in [0.29, 0.717) is 58.9 Å². The third-order valence-corrected chi connectivity index (χ3v) is 19.6. The quantitative estimate of drug-likeness (QED) is 0.0914. The molecule has 106 heavy (non-hydrogen) atoms. The summed E-state index contributed by atoms with van der Waals surface area (Å²) in [5, 5.41) is 5.90. The summed E-state index contributed by atoms with van der Waals surface area (Å²) in [6.07, 6.45) is 30.1. The van der Waals surface area contributed by atoms with E-state index in [4.69, 9.17) is 11.3 Å². The molecular weight excluding hydrogens is 1330 g/mol. The maximum Gasteiger partial charge on any atom is 0.213 e. The fourth-order valence-electron chi connectivity index (χ4n) is 12.0. The minimum Gasteiger partial charge on any atom is -0.497 e. The molecule has 13 rings (SSSR count). The minimum absolute atomic E-state index is 0.394. The normalized spacial score (nSPS) is 14.7. The van der Waals surface area contributed by atoms with Gasteiger partial charge in [0, 0.05) is 106 Å². The van der Waals surface area contributed by atoms with Crippen molar-refractivity contribution in [1.82, 2.24) is 58.1 Å². The zero-order chi connectivity index (χ0) is 78.4. The Labute approximate surface area is 647 Å². The number of thioether (sulfide) groups is 1. The first-order chi connectivity index (χ1) is 50.4. The van der Waals surface area contributed by atoms with Crippen LogP contribution in [0.1, 0.15) is 250 Å². The van der Waals surface area contributed by atoms with Crippen LogP contribution in [0.2, 0.25) is 0 Å². The zero-order valence-electron chi connectivity index (χ0n) is 70.0. The number of aryl methyl sites for hydroxylation is 1. The number of nitrogens with zero attached hydrogens (tertiary/aromatic N) is 14. The molecule has 0 amide bonds. The molecular formula is C90H138N14OS. The Morgan fingerprint density at radius 1 is 0.500 bits per heavy atom. The monoisotopic (exact) mass is 1460 g/mol. The second-order valence-electron chi connectivity index (χ2n) is 31.9. The SMILES string of the molecule is CC(C)(C)N1CCCCC1.CC(C)(C)N1CCCCC1.CC(C)N1CCCC1.CC(C)Sc1ccncc1.CC(C)n1ccc2cccnc21.CC(C)n1cccn1.CC(C)n1ccnc1.CC(C)n1cnc2ccccc21.COc1ccc(C(C)C)cc1.[C-]#[N+]C1=C(C(C)C)CN=C1c1ccc(C)cc1. The molecule has 0 atom stereocenters. The van der Waals surface area contributed by atoms with Gasteiger partial charge in [0.25, 0.3) is 0 Å². The van der Waals surface area contributed by atoms with Crippen molar-refractivity contribution in [3.05, 3.63) is 211 Å². The van der Waals surface area contributed by atoms with Crippen molar-refractivity contribution in [3.8, 4) is 5.75 Å². The highest BCUT2D eigenvalue weighted by Gasteiger charge is 2.25. The van der Waals surface area contributed by atoms with Crippen LogP contribution in [0.5, 0.6) is 5.75 Å². The molecule has 3 fully saturated rings. The maximum absolute atomic E-state index is 7.33. The van der Waals surface area contributed by atoms with Gasteiger partial charge in [0.15, 0.2) is 0 Å². The molecule has 10 heterocycles. The van der Waals surface area contributed by atoms with Crippen LogP contribution < -0.4 is 4.74 Å². The second kappa shape index (κ2) is 47.9. The molecule has 4 aliphatic rings. The lowest BCUT2D eigenvalue weighted by Gasteiger charge is -2.38. The lowest BCUT2D eigenvalue weighted by molar-refractivity contribution is 0.110. The molecule has 0 saturated carbocycles. The second-order valence-corrected chi connectivity index (χ2v) is 33.5. The smallest absolute Gasteiger partial charge is 0.213 e. The number of allylic oxidation sites excluding steroid dienone is 1. The summed E-state index contributed by atoms with van der Waals surface area (Å²) >= 11 is 1.86. The molecule has 9 aromatic rings. The van der Waals surface area contributed by atoms with Gasteiger partial charge in [-0.2, -0.15) is 5.10 Å². The number of aliphatic imine (C=N–C) groups is 1. The summed E-state index contributed by atoms with van der Waals surface area (Å²) in [4.78, 5) is 33.6. The van der Waals surface area contributed by atoms with Gasteiger partial charge in [0.2, 0.25) is 5.70 Å². The Bertz CT molecular complexity index is 3700. The van der Waals surface area contributed by atoms with Gasteiger partial charge in [-0.25, -0.2) is 19.8 Å². The number of hydrogen-bond acceptors (Lipinski definition) is 11. The van der Waals surface area contributed by atoms with E-state index in [1.165, 1.54) is 118 Å². The Morgan fingerprint density at radius 2 is 1.08 bits per heavy atom. The van der Waals surface area contributed by atoms with Gasteiger partial charge in [-0.15, -0.1) is 11.8 Å². The fraction of sp³-hybridized carbons (Fsp3) is 0.544. The third kappa shape index (κ3) is 33.2. The molecule has 4 aliphatic heterocycles. The third-order valence-electron chi connectivity index (χ3n) is 18.6. The van der Waals surface area contributed by atoms with E-state index in [2.05, 4.69) is 271 Å². The molecule has 15 nitrogen and oxygen atoms in total. The molecule has 580 valence electrons. The van der Waals surface area contributed by atoms with Crippen molar-refractivity contribution >= 4 is 39.5 Å². The number of para-hydroxylation sites is 2. The highest BCUT2D eigenvalue weighted by molar-refractivity contribution is 7.99. The highest BCUT2D eigenvalue weighted by atomic mass is 32.2. The van der Waals surface area contributed by atoms with Gasteiger partial charge in [0.1, 0.15) is 11.4 Å². The topological polar surface area (TPSA) is 120 Å². The van der Waals surface area contributed by atoms with Gasteiger partial charge >= 0.3 is 0 Å². The van der Waals surface area contributed by atoms with E-state index >= 15 is 0 Å². The molecule has 0 spiro atoms.